The molecule has 0 bridgehead atoms. The van der Waals surface area contributed by atoms with E-state index in [9.17, 15) is 4.79 Å². The number of carbonyl (C=O) groups is 1. The molecule has 0 N–H and O–H groups in total. The van der Waals surface area contributed by atoms with Gasteiger partial charge in [0.1, 0.15) is 0 Å². The van der Waals surface area contributed by atoms with Crippen molar-refractivity contribution >= 4 is 22.8 Å². The van der Waals surface area contributed by atoms with E-state index in [0.29, 0.717) is 17.5 Å². The maximum absolute atomic E-state index is 11.0. The molecule has 1 aliphatic carbocycles. The summed E-state index contributed by atoms with van der Waals surface area (Å²) in [5, 5.41) is 0.975. The number of methoxy groups -OCH3 is 1. The zero-order valence-electron chi connectivity index (χ0n) is 10.3. The Labute approximate surface area is 106 Å². The highest BCUT2D eigenvalue weighted by molar-refractivity contribution is 7.17. The Kier molecular flexibility index (Phi) is 4.12. The topological polar surface area (TPSA) is 42.4 Å². The van der Waals surface area contributed by atoms with Gasteiger partial charge in [0.15, 0.2) is 11.4 Å². The molecule has 0 spiro atoms. The van der Waals surface area contributed by atoms with Gasteiger partial charge in [0.25, 0.3) is 0 Å². The van der Waals surface area contributed by atoms with Gasteiger partial charge in [-0.2, -0.15) is 0 Å². The molecule has 1 aromatic rings. The molecule has 2 rings (SSSR count). The van der Waals surface area contributed by atoms with E-state index < -0.39 is 0 Å². The van der Waals surface area contributed by atoms with Gasteiger partial charge in [0.2, 0.25) is 0 Å². The largest absolute Gasteiger partial charge is 0.378 e. The van der Waals surface area contributed by atoms with Crippen molar-refractivity contribution in [1.82, 2.24) is 4.98 Å². The molecule has 1 fully saturated rings. The summed E-state index contributed by atoms with van der Waals surface area (Å²) in [5.74, 6) is 0. The number of thiazole rings is 1. The second-order valence-electron chi connectivity index (χ2n) is 4.28. The second-order valence-corrected chi connectivity index (χ2v) is 5.29. The van der Waals surface area contributed by atoms with Crippen LogP contribution in [0.5, 0.6) is 0 Å². The number of hydrogen-bond donors (Lipinski definition) is 0. The molecule has 17 heavy (non-hydrogen) atoms. The summed E-state index contributed by atoms with van der Waals surface area (Å²) >= 11 is 1.48. The molecule has 0 aliphatic heterocycles. The van der Waals surface area contributed by atoms with Gasteiger partial charge >= 0.3 is 0 Å². The normalized spacial score (nSPS) is 14.9. The smallest absolute Gasteiger partial charge is 0.186 e. The predicted octanol–water partition coefficient (Wildman–Crippen LogP) is 2.48. The van der Waals surface area contributed by atoms with Crippen molar-refractivity contribution in [3.8, 4) is 0 Å². The van der Waals surface area contributed by atoms with E-state index in [4.69, 9.17) is 4.74 Å². The molecule has 5 heteroatoms. The summed E-state index contributed by atoms with van der Waals surface area (Å²) in [6, 6.07) is 0.635. The van der Waals surface area contributed by atoms with Gasteiger partial charge < -0.3 is 9.64 Å². The Hall–Kier alpha value is -0.940. The van der Waals surface area contributed by atoms with Crippen molar-refractivity contribution in [2.45, 2.75) is 38.8 Å². The van der Waals surface area contributed by atoms with Crippen molar-refractivity contribution in [2.24, 2.45) is 0 Å². The molecule has 0 radical (unpaired) electrons. The van der Waals surface area contributed by atoms with Gasteiger partial charge in [-0.1, -0.05) is 18.3 Å². The number of hydrogen-bond acceptors (Lipinski definition) is 5. The Morgan fingerprint density at radius 3 is 2.88 bits per heavy atom. The summed E-state index contributed by atoms with van der Waals surface area (Å²) < 4.78 is 5.07. The first-order valence-corrected chi connectivity index (χ1v) is 6.82. The lowest BCUT2D eigenvalue weighted by Crippen LogP contribution is -2.26. The summed E-state index contributed by atoms with van der Waals surface area (Å²) in [6.45, 7) is 3.60. The van der Waals surface area contributed by atoms with Crippen molar-refractivity contribution in [3.05, 3.63) is 10.6 Å². The zero-order chi connectivity index (χ0) is 12.3. The van der Waals surface area contributed by atoms with Gasteiger partial charge in [-0.25, -0.2) is 4.98 Å². The lowest BCUT2D eigenvalue weighted by atomic mass is 10.4. The molecule has 4 nitrogen and oxygen atoms in total. The molecule has 1 heterocycles. The second kappa shape index (κ2) is 5.60. The summed E-state index contributed by atoms with van der Waals surface area (Å²) in [4.78, 5) is 18.5. The molecular weight excluding hydrogens is 236 g/mol. The summed E-state index contributed by atoms with van der Waals surface area (Å²) in [6.07, 6.45) is 4.48. The van der Waals surface area contributed by atoms with Crippen molar-refractivity contribution in [3.63, 3.8) is 0 Å². The minimum Gasteiger partial charge on any atom is -0.378 e. The van der Waals surface area contributed by atoms with Crippen LogP contribution in [0.4, 0.5) is 5.13 Å². The van der Waals surface area contributed by atoms with Crippen LogP contribution in [0.15, 0.2) is 0 Å². The molecule has 0 aromatic carbocycles. The third kappa shape index (κ3) is 2.84. The Morgan fingerprint density at radius 1 is 1.59 bits per heavy atom. The van der Waals surface area contributed by atoms with E-state index in [1.54, 1.807) is 7.11 Å². The van der Waals surface area contributed by atoms with Crippen molar-refractivity contribution < 1.29 is 9.53 Å². The van der Waals surface area contributed by atoms with Crippen LogP contribution < -0.4 is 4.90 Å². The summed E-state index contributed by atoms with van der Waals surface area (Å²) in [7, 11) is 1.62. The van der Waals surface area contributed by atoms with E-state index in [2.05, 4.69) is 16.8 Å². The number of aromatic nitrogens is 1. The molecular formula is C12H18N2O2S. The van der Waals surface area contributed by atoms with Crippen LogP contribution in [0.25, 0.3) is 0 Å². The quantitative estimate of drug-likeness (QED) is 0.701. The molecule has 0 amide bonds. The highest BCUT2D eigenvalue weighted by Crippen LogP contribution is 2.35. The lowest BCUT2D eigenvalue weighted by molar-refractivity contribution is 0.112. The number of rotatable bonds is 7. The predicted molar refractivity (Wildman–Crippen MR) is 68.9 cm³/mol. The Bertz CT molecular complexity index is 388. The number of aldehydes is 1. The van der Waals surface area contributed by atoms with Crippen LogP contribution in [0, 0.1) is 0 Å². The molecule has 0 atom stereocenters. The molecule has 1 saturated carbocycles. The van der Waals surface area contributed by atoms with Crippen LogP contribution >= 0.6 is 11.3 Å². The molecule has 94 valence electrons. The van der Waals surface area contributed by atoms with Crippen LogP contribution in [0.2, 0.25) is 0 Å². The molecule has 0 unspecified atom stereocenters. The maximum Gasteiger partial charge on any atom is 0.186 e. The summed E-state index contributed by atoms with van der Waals surface area (Å²) in [5.41, 5.74) is 0.768. The van der Waals surface area contributed by atoms with Gasteiger partial charge in [-0.3, -0.25) is 4.79 Å². The molecule has 0 saturated heterocycles. The first kappa shape index (κ1) is 12.5. The molecule has 1 aliphatic rings. The van der Waals surface area contributed by atoms with Gasteiger partial charge in [-0.05, 0) is 19.3 Å². The van der Waals surface area contributed by atoms with Crippen molar-refractivity contribution in [1.29, 1.82) is 0 Å². The van der Waals surface area contributed by atoms with Crippen LogP contribution in [0.1, 0.15) is 41.6 Å². The third-order valence-corrected chi connectivity index (χ3v) is 3.86. The van der Waals surface area contributed by atoms with E-state index >= 15 is 0 Å². The average Bonchev–Trinajstić information content (AvgIpc) is 3.08. The van der Waals surface area contributed by atoms with Crippen LogP contribution in [-0.4, -0.2) is 31.0 Å². The standard InChI is InChI=1S/C12H18N2O2S/c1-3-6-14(9-4-5-9)12-13-10(8-16-2)11(7-15)17-12/h7,9H,3-6,8H2,1-2H3. The minimum absolute atomic E-state index is 0.412. The molecule has 1 aromatic heterocycles. The van der Waals surface area contributed by atoms with E-state index in [-0.39, 0.29) is 0 Å². The first-order valence-electron chi connectivity index (χ1n) is 6.00. The number of nitrogens with zero attached hydrogens (tertiary/aromatic N) is 2. The minimum atomic E-state index is 0.412. The fourth-order valence-electron chi connectivity index (χ4n) is 1.87. The van der Waals surface area contributed by atoms with Gasteiger partial charge in [0, 0.05) is 19.7 Å². The van der Waals surface area contributed by atoms with Gasteiger partial charge in [0.05, 0.1) is 17.2 Å². The van der Waals surface area contributed by atoms with Crippen LogP contribution in [-0.2, 0) is 11.3 Å². The van der Waals surface area contributed by atoms with E-state index in [1.807, 2.05) is 0 Å². The zero-order valence-corrected chi connectivity index (χ0v) is 11.1. The highest BCUT2D eigenvalue weighted by Gasteiger charge is 2.31. The van der Waals surface area contributed by atoms with Gasteiger partial charge in [-0.15, -0.1) is 0 Å². The Balaban J connectivity index is 2.20. The van der Waals surface area contributed by atoms with E-state index in [1.165, 1.54) is 24.2 Å². The lowest BCUT2D eigenvalue weighted by Gasteiger charge is -2.20. The van der Waals surface area contributed by atoms with Crippen molar-refractivity contribution in [2.75, 3.05) is 18.6 Å². The fourth-order valence-corrected chi connectivity index (χ4v) is 2.85. The SMILES string of the molecule is CCCN(c1nc(COC)c(C=O)s1)C1CC1. The number of anilines is 1. The van der Waals surface area contributed by atoms with E-state index in [0.717, 1.165) is 30.1 Å². The average molecular weight is 254 g/mol. The third-order valence-electron chi connectivity index (χ3n) is 2.80. The number of carbonyl (C=O) groups excluding carboxylic acids is 1. The highest BCUT2D eigenvalue weighted by atomic mass is 32.1. The monoisotopic (exact) mass is 254 g/mol. The fraction of sp³-hybridized carbons (Fsp3) is 0.667. The maximum atomic E-state index is 11.0. The number of ether oxygens (including phenoxy) is 1. The first-order chi connectivity index (χ1) is 8.30. The van der Waals surface area contributed by atoms with Crippen LogP contribution in [0.3, 0.4) is 0 Å². The Morgan fingerprint density at radius 2 is 2.35 bits per heavy atom.